The highest BCUT2D eigenvalue weighted by Crippen LogP contribution is 2.23. The van der Waals surface area contributed by atoms with Crippen LogP contribution in [0.4, 0.5) is 0 Å². The van der Waals surface area contributed by atoms with Gasteiger partial charge in [0.25, 0.3) is 0 Å². The van der Waals surface area contributed by atoms with Gasteiger partial charge in [0.2, 0.25) is 9.97 Å². The molecule has 108 valence electrons. The van der Waals surface area contributed by atoms with Crippen LogP contribution in [-0.4, -0.2) is 39.5 Å². The largest absolute Gasteiger partial charge is 0.497 e. The number of hydrogen-bond acceptors (Lipinski definition) is 7. The van der Waals surface area contributed by atoms with E-state index in [1.54, 1.807) is 18.5 Å². The van der Waals surface area contributed by atoms with Crippen LogP contribution in [0.2, 0.25) is 0 Å². The zero-order valence-corrected chi connectivity index (χ0v) is 12.3. The Balaban J connectivity index is 2.00. The fourth-order valence-corrected chi connectivity index (χ4v) is 2.55. The van der Waals surface area contributed by atoms with Gasteiger partial charge in [-0.15, -0.1) is 15.3 Å². The number of benzene rings is 1. The molecule has 21 heavy (non-hydrogen) atoms. The molecule has 0 N–H and O–H groups in total. The van der Waals surface area contributed by atoms with Crippen LogP contribution in [-0.2, 0) is 4.74 Å². The number of esters is 1. The van der Waals surface area contributed by atoms with E-state index in [-0.39, 0.29) is 5.01 Å². The standard InChI is InChI=1S/C13H12N4O3S/c1-3-20-12(18)11-16-17-10(14-15-13(17)21-11)8-4-6-9(19-2)7-5-8/h4-7H,3H2,1-2H3. The number of methoxy groups -OCH3 is 1. The highest BCUT2D eigenvalue weighted by atomic mass is 32.1. The normalized spacial score (nSPS) is 10.8. The van der Waals surface area contributed by atoms with E-state index in [1.807, 2.05) is 24.3 Å². The molecule has 0 amide bonds. The maximum Gasteiger partial charge on any atom is 0.369 e. The summed E-state index contributed by atoms with van der Waals surface area (Å²) in [4.78, 5) is 12.2. The first-order chi connectivity index (χ1) is 10.2. The molecule has 0 aliphatic carbocycles. The zero-order valence-electron chi connectivity index (χ0n) is 11.4. The van der Waals surface area contributed by atoms with Gasteiger partial charge >= 0.3 is 5.97 Å². The van der Waals surface area contributed by atoms with Crippen LogP contribution in [0.25, 0.3) is 16.3 Å². The van der Waals surface area contributed by atoms with Crippen molar-refractivity contribution in [2.24, 2.45) is 0 Å². The molecule has 3 aromatic rings. The van der Waals surface area contributed by atoms with E-state index in [1.165, 1.54) is 0 Å². The Hall–Kier alpha value is -2.48. The molecule has 8 heteroatoms. The molecule has 0 atom stereocenters. The highest BCUT2D eigenvalue weighted by Gasteiger charge is 2.18. The van der Waals surface area contributed by atoms with Gasteiger partial charge in [-0.2, -0.15) is 4.52 Å². The first kappa shape index (κ1) is 13.5. The Morgan fingerprint density at radius 2 is 2.05 bits per heavy atom. The summed E-state index contributed by atoms with van der Waals surface area (Å²) >= 11 is 1.15. The van der Waals surface area contributed by atoms with Crippen LogP contribution in [0.15, 0.2) is 24.3 Å². The Kier molecular flexibility index (Phi) is 3.53. The quantitative estimate of drug-likeness (QED) is 0.686. The predicted molar refractivity (Wildman–Crippen MR) is 76.6 cm³/mol. The lowest BCUT2D eigenvalue weighted by Crippen LogP contribution is -2.05. The highest BCUT2D eigenvalue weighted by molar-refractivity contribution is 7.18. The topological polar surface area (TPSA) is 78.6 Å². The average Bonchev–Trinajstić information content (AvgIpc) is 3.08. The summed E-state index contributed by atoms with van der Waals surface area (Å²) in [6.07, 6.45) is 0. The smallest absolute Gasteiger partial charge is 0.369 e. The van der Waals surface area contributed by atoms with E-state index in [9.17, 15) is 4.79 Å². The van der Waals surface area contributed by atoms with Crippen molar-refractivity contribution in [3.8, 4) is 17.1 Å². The van der Waals surface area contributed by atoms with Crippen molar-refractivity contribution < 1.29 is 14.3 Å². The molecule has 7 nitrogen and oxygen atoms in total. The van der Waals surface area contributed by atoms with E-state index in [4.69, 9.17) is 9.47 Å². The SMILES string of the molecule is CCOC(=O)c1nn2c(-c3ccc(OC)cc3)nnc2s1. The molecule has 0 saturated carbocycles. The molecule has 0 unspecified atom stereocenters. The average molecular weight is 304 g/mol. The van der Waals surface area contributed by atoms with E-state index in [0.29, 0.717) is 17.4 Å². The lowest BCUT2D eigenvalue weighted by atomic mass is 10.2. The van der Waals surface area contributed by atoms with Crippen molar-refractivity contribution in [1.29, 1.82) is 0 Å². The van der Waals surface area contributed by atoms with E-state index >= 15 is 0 Å². The minimum Gasteiger partial charge on any atom is -0.497 e. The monoisotopic (exact) mass is 304 g/mol. The number of ether oxygens (including phenoxy) is 2. The van der Waals surface area contributed by atoms with Crippen molar-refractivity contribution in [3.63, 3.8) is 0 Å². The van der Waals surface area contributed by atoms with Gasteiger partial charge in [-0.3, -0.25) is 0 Å². The Labute approximate surface area is 124 Å². The lowest BCUT2D eigenvalue weighted by Gasteiger charge is -2.00. The Bertz CT molecular complexity index is 778. The fraction of sp³-hybridized carbons (Fsp3) is 0.231. The molecule has 3 rings (SSSR count). The second-order valence-electron chi connectivity index (χ2n) is 4.07. The number of carbonyl (C=O) groups excluding carboxylic acids is 1. The van der Waals surface area contributed by atoms with Gasteiger partial charge in [-0.25, -0.2) is 4.79 Å². The molecule has 0 aliphatic rings. The zero-order chi connectivity index (χ0) is 14.8. The number of aromatic nitrogens is 4. The summed E-state index contributed by atoms with van der Waals surface area (Å²) in [5, 5.41) is 12.6. The summed E-state index contributed by atoms with van der Waals surface area (Å²) in [6.45, 7) is 2.06. The van der Waals surface area contributed by atoms with Gasteiger partial charge in [0.05, 0.1) is 13.7 Å². The Morgan fingerprint density at radius 3 is 2.71 bits per heavy atom. The maximum absolute atomic E-state index is 11.7. The molecular formula is C13H12N4O3S. The summed E-state index contributed by atoms with van der Waals surface area (Å²) < 4.78 is 11.6. The van der Waals surface area contributed by atoms with Gasteiger partial charge in [-0.1, -0.05) is 11.3 Å². The molecule has 2 heterocycles. The van der Waals surface area contributed by atoms with Crippen molar-refractivity contribution in [3.05, 3.63) is 29.3 Å². The van der Waals surface area contributed by atoms with E-state index in [0.717, 1.165) is 22.6 Å². The summed E-state index contributed by atoms with van der Waals surface area (Å²) in [6, 6.07) is 7.38. The summed E-state index contributed by atoms with van der Waals surface area (Å²) in [5.41, 5.74) is 0.837. The molecule has 0 aliphatic heterocycles. The number of nitrogens with zero attached hydrogens (tertiary/aromatic N) is 4. The molecule has 0 bridgehead atoms. The van der Waals surface area contributed by atoms with Crippen LogP contribution in [0.1, 0.15) is 16.7 Å². The summed E-state index contributed by atoms with van der Waals surface area (Å²) in [5.74, 6) is 0.873. The van der Waals surface area contributed by atoms with Crippen molar-refractivity contribution in [2.75, 3.05) is 13.7 Å². The van der Waals surface area contributed by atoms with Crippen molar-refractivity contribution >= 4 is 22.3 Å². The molecule has 2 aromatic heterocycles. The maximum atomic E-state index is 11.7. The molecule has 0 spiro atoms. The fourth-order valence-electron chi connectivity index (χ4n) is 1.81. The molecule has 0 radical (unpaired) electrons. The first-order valence-corrected chi connectivity index (χ1v) is 7.08. The van der Waals surface area contributed by atoms with Gasteiger partial charge in [0.15, 0.2) is 5.82 Å². The summed E-state index contributed by atoms with van der Waals surface area (Å²) in [7, 11) is 1.61. The van der Waals surface area contributed by atoms with Crippen LogP contribution < -0.4 is 4.74 Å². The number of carbonyl (C=O) groups is 1. The Morgan fingerprint density at radius 1 is 1.29 bits per heavy atom. The van der Waals surface area contributed by atoms with Crippen LogP contribution in [0.5, 0.6) is 5.75 Å². The van der Waals surface area contributed by atoms with Crippen LogP contribution in [0, 0.1) is 0 Å². The van der Waals surface area contributed by atoms with E-state index in [2.05, 4.69) is 15.3 Å². The van der Waals surface area contributed by atoms with Crippen LogP contribution in [0.3, 0.4) is 0 Å². The first-order valence-electron chi connectivity index (χ1n) is 6.26. The molecule has 0 fully saturated rings. The lowest BCUT2D eigenvalue weighted by molar-refractivity contribution is 0.0524. The second-order valence-corrected chi connectivity index (χ2v) is 5.03. The second kappa shape index (κ2) is 5.49. The van der Waals surface area contributed by atoms with Crippen molar-refractivity contribution in [1.82, 2.24) is 19.8 Å². The minimum atomic E-state index is -0.450. The van der Waals surface area contributed by atoms with Crippen molar-refractivity contribution in [2.45, 2.75) is 6.92 Å². The van der Waals surface area contributed by atoms with Gasteiger partial charge in [0, 0.05) is 5.56 Å². The third-order valence-corrected chi connectivity index (χ3v) is 3.67. The van der Waals surface area contributed by atoms with Gasteiger partial charge in [0.1, 0.15) is 5.75 Å². The number of fused-ring (bicyclic) bond motifs is 1. The third-order valence-electron chi connectivity index (χ3n) is 2.79. The molecule has 0 saturated heterocycles. The third kappa shape index (κ3) is 2.45. The predicted octanol–water partition coefficient (Wildman–Crippen LogP) is 2.04. The number of hydrogen-bond donors (Lipinski definition) is 0. The minimum absolute atomic E-state index is 0.261. The van der Waals surface area contributed by atoms with Crippen LogP contribution >= 0.6 is 11.3 Å². The number of rotatable bonds is 4. The van der Waals surface area contributed by atoms with Gasteiger partial charge < -0.3 is 9.47 Å². The van der Waals surface area contributed by atoms with E-state index < -0.39 is 5.97 Å². The van der Waals surface area contributed by atoms with Gasteiger partial charge in [-0.05, 0) is 31.2 Å². The molecular weight excluding hydrogens is 292 g/mol. The molecule has 1 aromatic carbocycles.